The first kappa shape index (κ1) is 22.2. The van der Waals surface area contributed by atoms with Gasteiger partial charge in [0.25, 0.3) is 5.91 Å². The zero-order valence-corrected chi connectivity index (χ0v) is 14.3. The van der Waals surface area contributed by atoms with Crippen molar-refractivity contribution in [2.75, 3.05) is 12.4 Å². The van der Waals surface area contributed by atoms with E-state index in [4.69, 9.17) is 4.74 Å². The second-order valence-corrected chi connectivity index (χ2v) is 5.49. The van der Waals surface area contributed by atoms with Gasteiger partial charge in [-0.15, -0.1) is 0 Å². The summed E-state index contributed by atoms with van der Waals surface area (Å²) >= 11 is 0. The Bertz CT molecular complexity index is 861. The van der Waals surface area contributed by atoms with Crippen molar-refractivity contribution in [2.45, 2.75) is 19.0 Å². The molecule has 0 saturated carbocycles. The molecule has 0 aromatic heterocycles. The van der Waals surface area contributed by atoms with Crippen molar-refractivity contribution in [1.82, 2.24) is 0 Å². The first-order chi connectivity index (χ1) is 13.3. The molecular formula is C17H11F8NO3. The molecule has 0 heterocycles. The van der Waals surface area contributed by atoms with Crippen LogP contribution in [0.15, 0.2) is 36.4 Å². The average molecular weight is 429 g/mol. The standard InChI is InChI=1S/C17H11F8NO3/c1-28-12-3-2-11(7-13(12)29-15(18)19)26-14(27)8-4-9(16(20,21)22)6-10(5-8)17(23,24)25/h2-7,15H,1H3,(H,26,27). The molecule has 2 rings (SSSR count). The van der Waals surface area contributed by atoms with Gasteiger partial charge in [-0.1, -0.05) is 0 Å². The summed E-state index contributed by atoms with van der Waals surface area (Å²) in [6.45, 7) is -3.24. The normalized spacial score (nSPS) is 12.1. The molecule has 1 amide bonds. The lowest BCUT2D eigenvalue weighted by Crippen LogP contribution is -2.17. The smallest absolute Gasteiger partial charge is 0.416 e. The minimum Gasteiger partial charge on any atom is -0.493 e. The Morgan fingerprint density at radius 3 is 1.90 bits per heavy atom. The molecule has 12 heteroatoms. The summed E-state index contributed by atoms with van der Waals surface area (Å²) in [4.78, 5) is 12.2. The Morgan fingerprint density at radius 2 is 1.45 bits per heavy atom. The Morgan fingerprint density at radius 1 is 0.897 bits per heavy atom. The van der Waals surface area contributed by atoms with Crippen LogP contribution in [0.1, 0.15) is 21.5 Å². The van der Waals surface area contributed by atoms with E-state index in [1.54, 1.807) is 0 Å². The van der Waals surface area contributed by atoms with Crippen molar-refractivity contribution in [2.24, 2.45) is 0 Å². The summed E-state index contributed by atoms with van der Waals surface area (Å²) in [7, 11) is 1.15. The largest absolute Gasteiger partial charge is 0.493 e. The third-order valence-electron chi connectivity index (χ3n) is 3.49. The number of amides is 1. The van der Waals surface area contributed by atoms with E-state index in [0.29, 0.717) is 0 Å². The van der Waals surface area contributed by atoms with E-state index < -0.39 is 47.3 Å². The van der Waals surface area contributed by atoms with Gasteiger partial charge in [0.1, 0.15) is 0 Å². The predicted octanol–water partition coefficient (Wildman–Crippen LogP) is 5.59. The van der Waals surface area contributed by atoms with Crippen molar-refractivity contribution in [1.29, 1.82) is 0 Å². The molecule has 0 bridgehead atoms. The highest BCUT2D eigenvalue weighted by Gasteiger charge is 2.37. The first-order valence-electron chi connectivity index (χ1n) is 7.55. The van der Waals surface area contributed by atoms with E-state index in [1.165, 1.54) is 0 Å². The van der Waals surface area contributed by atoms with E-state index in [-0.39, 0.29) is 29.6 Å². The van der Waals surface area contributed by atoms with Crippen LogP contribution in [0.25, 0.3) is 0 Å². The Balaban J connectivity index is 2.40. The van der Waals surface area contributed by atoms with Crippen molar-refractivity contribution in [3.05, 3.63) is 53.1 Å². The zero-order chi connectivity index (χ0) is 22.0. The van der Waals surface area contributed by atoms with Gasteiger partial charge in [0, 0.05) is 17.3 Å². The number of ether oxygens (including phenoxy) is 2. The molecule has 4 nitrogen and oxygen atoms in total. The second-order valence-electron chi connectivity index (χ2n) is 5.49. The number of hydrogen-bond donors (Lipinski definition) is 1. The van der Waals surface area contributed by atoms with E-state index >= 15 is 0 Å². The van der Waals surface area contributed by atoms with Crippen LogP contribution in [0.2, 0.25) is 0 Å². The lowest BCUT2D eigenvalue weighted by Gasteiger charge is -2.15. The summed E-state index contributed by atoms with van der Waals surface area (Å²) < 4.78 is 111. The van der Waals surface area contributed by atoms with Gasteiger partial charge in [-0.2, -0.15) is 35.1 Å². The van der Waals surface area contributed by atoms with Gasteiger partial charge >= 0.3 is 19.0 Å². The van der Waals surface area contributed by atoms with Crippen molar-refractivity contribution < 1.29 is 49.4 Å². The van der Waals surface area contributed by atoms with Crippen LogP contribution in [0, 0.1) is 0 Å². The molecule has 29 heavy (non-hydrogen) atoms. The molecule has 0 atom stereocenters. The van der Waals surface area contributed by atoms with E-state index in [9.17, 15) is 39.9 Å². The average Bonchev–Trinajstić information content (AvgIpc) is 2.59. The summed E-state index contributed by atoms with van der Waals surface area (Å²) in [5.41, 5.74) is -4.50. The minimum absolute atomic E-state index is 0.126. The summed E-state index contributed by atoms with van der Waals surface area (Å²) in [5, 5.41) is 2.03. The fourth-order valence-corrected chi connectivity index (χ4v) is 2.23. The van der Waals surface area contributed by atoms with E-state index in [1.807, 2.05) is 5.32 Å². The topological polar surface area (TPSA) is 47.6 Å². The molecule has 0 radical (unpaired) electrons. The molecule has 0 fully saturated rings. The van der Waals surface area contributed by atoms with Gasteiger partial charge in [-0.25, -0.2) is 0 Å². The number of carbonyl (C=O) groups is 1. The number of hydrogen-bond acceptors (Lipinski definition) is 3. The third-order valence-corrected chi connectivity index (χ3v) is 3.49. The minimum atomic E-state index is -5.13. The first-order valence-corrected chi connectivity index (χ1v) is 7.55. The molecule has 0 aliphatic rings. The molecule has 1 N–H and O–H groups in total. The number of nitrogens with one attached hydrogen (secondary N) is 1. The van der Waals surface area contributed by atoms with Crippen LogP contribution in [0.5, 0.6) is 11.5 Å². The summed E-state index contributed by atoms with van der Waals surface area (Å²) in [6, 6.07) is 3.48. The number of rotatable bonds is 5. The summed E-state index contributed by atoms with van der Waals surface area (Å²) in [6.07, 6.45) is -10.3. The highest BCUT2D eigenvalue weighted by Crippen LogP contribution is 2.37. The van der Waals surface area contributed by atoms with Gasteiger partial charge in [0.2, 0.25) is 0 Å². The van der Waals surface area contributed by atoms with Crippen LogP contribution >= 0.6 is 0 Å². The maximum absolute atomic E-state index is 12.9. The molecule has 0 spiro atoms. The number of alkyl halides is 8. The third kappa shape index (κ3) is 5.72. The fourth-order valence-electron chi connectivity index (χ4n) is 2.23. The quantitative estimate of drug-likeness (QED) is 0.631. The number of benzene rings is 2. The van der Waals surface area contributed by atoms with Crippen LogP contribution < -0.4 is 14.8 Å². The Kier molecular flexibility index (Phi) is 6.24. The highest BCUT2D eigenvalue weighted by atomic mass is 19.4. The predicted molar refractivity (Wildman–Crippen MR) is 84.0 cm³/mol. The Labute approximate surface area is 158 Å². The van der Waals surface area contributed by atoms with Crippen LogP contribution in [0.4, 0.5) is 40.8 Å². The van der Waals surface area contributed by atoms with Crippen molar-refractivity contribution in [3.63, 3.8) is 0 Å². The van der Waals surface area contributed by atoms with Gasteiger partial charge in [-0.05, 0) is 30.3 Å². The molecule has 158 valence electrons. The van der Waals surface area contributed by atoms with Crippen molar-refractivity contribution >= 4 is 11.6 Å². The fraction of sp³-hybridized carbons (Fsp3) is 0.235. The zero-order valence-electron chi connectivity index (χ0n) is 14.3. The van der Waals surface area contributed by atoms with Crippen LogP contribution in [-0.4, -0.2) is 19.6 Å². The van der Waals surface area contributed by atoms with Crippen LogP contribution in [-0.2, 0) is 12.4 Å². The lowest BCUT2D eigenvalue weighted by atomic mass is 10.0. The van der Waals surface area contributed by atoms with Crippen molar-refractivity contribution in [3.8, 4) is 11.5 Å². The molecule has 2 aromatic rings. The van der Waals surface area contributed by atoms with Gasteiger partial charge in [-0.3, -0.25) is 4.79 Å². The van der Waals surface area contributed by atoms with E-state index in [2.05, 4.69) is 4.74 Å². The number of halogens is 8. The molecule has 0 aliphatic carbocycles. The second kappa shape index (κ2) is 8.13. The molecular weight excluding hydrogens is 418 g/mol. The number of carbonyl (C=O) groups excluding carboxylic acids is 1. The molecule has 0 unspecified atom stereocenters. The summed E-state index contributed by atoms with van der Waals surface area (Å²) in [5.74, 6) is -1.96. The van der Waals surface area contributed by atoms with Crippen LogP contribution in [0.3, 0.4) is 0 Å². The maximum Gasteiger partial charge on any atom is 0.416 e. The van der Waals surface area contributed by atoms with Gasteiger partial charge in [0.05, 0.1) is 18.2 Å². The number of anilines is 1. The monoisotopic (exact) mass is 429 g/mol. The maximum atomic E-state index is 12.9. The molecule has 2 aromatic carbocycles. The molecule has 0 saturated heterocycles. The Hall–Kier alpha value is -3.05. The number of methoxy groups -OCH3 is 1. The highest BCUT2D eigenvalue weighted by molar-refractivity contribution is 6.04. The van der Waals surface area contributed by atoms with Gasteiger partial charge < -0.3 is 14.8 Å². The van der Waals surface area contributed by atoms with E-state index in [0.717, 1.165) is 25.3 Å². The molecule has 0 aliphatic heterocycles. The van der Waals surface area contributed by atoms with Gasteiger partial charge in [0.15, 0.2) is 11.5 Å². The SMILES string of the molecule is COc1ccc(NC(=O)c2cc(C(F)(F)F)cc(C(F)(F)F)c2)cc1OC(F)F. The lowest BCUT2D eigenvalue weighted by molar-refractivity contribution is -0.143.